The summed E-state index contributed by atoms with van der Waals surface area (Å²) < 4.78 is 13.6. The Morgan fingerprint density at radius 3 is 2.57 bits per heavy atom. The van der Waals surface area contributed by atoms with Crippen molar-refractivity contribution >= 4 is 11.6 Å². The summed E-state index contributed by atoms with van der Waals surface area (Å²) in [4.78, 5) is 17.8. The Kier molecular flexibility index (Phi) is 4.11. The molecule has 0 spiro atoms. The highest BCUT2D eigenvalue weighted by molar-refractivity contribution is 6.03. The zero-order chi connectivity index (χ0) is 20.1. The number of Topliss-reactive ketones (excluding diaryl/α,β-unsaturated/α-hetero) is 1. The van der Waals surface area contributed by atoms with Crippen LogP contribution in [0.2, 0.25) is 0 Å². The van der Waals surface area contributed by atoms with E-state index < -0.39 is 12.1 Å². The van der Waals surface area contributed by atoms with Crippen molar-refractivity contribution < 1.29 is 9.18 Å². The molecule has 5 heteroatoms. The molecule has 0 radical (unpaired) electrons. The zero-order valence-corrected chi connectivity index (χ0v) is 16.3. The first-order valence-electron chi connectivity index (χ1n) is 9.39. The van der Waals surface area contributed by atoms with Crippen molar-refractivity contribution in [1.82, 2.24) is 4.98 Å². The van der Waals surface area contributed by atoms with E-state index in [1.165, 1.54) is 6.20 Å². The van der Waals surface area contributed by atoms with Crippen LogP contribution in [0.1, 0.15) is 55.9 Å². The molecular formula is C23H22FN3O. The molecule has 0 amide bonds. The number of aromatic nitrogens is 1. The summed E-state index contributed by atoms with van der Waals surface area (Å²) in [7, 11) is 0. The van der Waals surface area contributed by atoms with E-state index in [4.69, 9.17) is 0 Å². The summed E-state index contributed by atoms with van der Waals surface area (Å²) in [6, 6.07) is 11.8. The van der Waals surface area contributed by atoms with Crippen LogP contribution in [-0.4, -0.2) is 10.8 Å². The number of ketones is 1. The van der Waals surface area contributed by atoms with Crippen molar-refractivity contribution in [2.45, 2.75) is 45.7 Å². The number of rotatable bonds is 2. The maximum atomic E-state index is 13.6. The molecule has 1 aliphatic heterocycles. The number of halogens is 1. The van der Waals surface area contributed by atoms with Gasteiger partial charge in [0.1, 0.15) is 18.6 Å². The predicted octanol–water partition coefficient (Wildman–Crippen LogP) is 4.80. The summed E-state index contributed by atoms with van der Waals surface area (Å²) >= 11 is 0. The normalized spacial score (nSPS) is 22.8. The minimum Gasteiger partial charge on any atom is -0.343 e. The predicted molar refractivity (Wildman–Crippen MR) is 105 cm³/mol. The van der Waals surface area contributed by atoms with Crippen molar-refractivity contribution in [3.63, 3.8) is 0 Å². The average Bonchev–Trinajstić information content (AvgIpc) is 2.66. The van der Waals surface area contributed by atoms with E-state index >= 15 is 0 Å². The van der Waals surface area contributed by atoms with Crippen LogP contribution in [-0.2, 0) is 16.9 Å². The van der Waals surface area contributed by atoms with Gasteiger partial charge in [-0.3, -0.25) is 4.79 Å². The van der Waals surface area contributed by atoms with Crippen molar-refractivity contribution in [3.05, 3.63) is 70.1 Å². The monoisotopic (exact) mass is 375 g/mol. The summed E-state index contributed by atoms with van der Waals surface area (Å²) in [5.41, 5.74) is 2.48. The molecule has 1 aromatic heterocycles. The number of hydrogen-bond acceptors (Lipinski definition) is 4. The molecule has 2 heterocycles. The van der Waals surface area contributed by atoms with Crippen molar-refractivity contribution in [3.8, 4) is 6.07 Å². The van der Waals surface area contributed by atoms with Gasteiger partial charge in [0, 0.05) is 35.0 Å². The second-order valence-electron chi connectivity index (χ2n) is 8.54. The summed E-state index contributed by atoms with van der Waals surface area (Å²) in [5, 5.41) is 13.2. The standard InChI is InChI=1S/C23H22FN3O/c1-22(2)9-17-20(18(28)10-22)23(3,15-7-5-4-6-8-15)19-16(12-25)14(11-24)13-26-21(19)27-17/h4-8,13H,9-11H2,1-3H3,(H,26,27)/t23-/m0/s1. The zero-order valence-electron chi connectivity index (χ0n) is 16.3. The maximum absolute atomic E-state index is 13.6. The molecule has 0 bridgehead atoms. The van der Waals surface area contributed by atoms with Gasteiger partial charge >= 0.3 is 0 Å². The maximum Gasteiger partial charge on any atom is 0.162 e. The number of nitrogens with zero attached hydrogens (tertiary/aromatic N) is 2. The third kappa shape index (κ3) is 2.56. The molecule has 1 N–H and O–H groups in total. The van der Waals surface area contributed by atoms with E-state index in [-0.39, 0.29) is 22.3 Å². The SMILES string of the molecule is CC1(C)CC(=O)C2=C(C1)Nc1ncc(CF)c(C#N)c1[C@]2(C)c1ccccc1. The van der Waals surface area contributed by atoms with E-state index in [1.807, 2.05) is 37.3 Å². The lowest BCUT2D eigenvalue weighted by molar-refractivity contribution is -0.118. The first-order chi connectivity index (χ1) is 13.3. The van der Waals surface area contributed by atoms with Gasteiger partial charge in [-0.25, -0.2) is 9.37 Å². The molecule has 4 rings (SSSR count). The lowest BCUT2D eigenvalue weighted by Crippen LogP contribution is -2.43. The Balaban J connectivity index is 2.09. The quantitative estimate of drug-likeness (QED) is 0.819. The number of pyridine rings is 1. The van der Waals surface area contributed by atoms with E-state index in [9.17, 15) is 14.4 Å². The molecule has 1 aliphatic carbocycles. The Labute approximate surface area is 164 Å². The van der Waals surface area contributed by atoms with Gasteiger partial charge in [-0.05, 0) is 24.3 Å². The Hall–Kier alpha value is -3.00. The molecule has 0 unspecified atom stereocenters. The molecule has 0 fully saturated rings. The van der Waals surface area contributed by atoms with Crippen LogP contribution in [0.4, 0.5) is 10.2 Å². The van der Waals surface area contributed by atoms with Crippen LogP contribution in [0.15, 0.2) is 47.8 Å². The van der Waals surface area contributed by atoms with Crippen molar-refractivity contribution in [2.75, 3.05) is 5.32 Å². The van der Waals surface area contributed by atoms with Crippen molar-refractivity contribution in [2.24, 2.45) is 5.41 Å². The highest BCUT2D eigenvalue weighted by atomic mass is 19.1. The lowest BCUT2D eigenvalue weighted by atomic mass is 9.61. The molecule has 28 heavy (non-hydrogen) atoms. The minimum atomic E-state index is -0.867. The topological polar surface area (TPSA) is 65.8 Å². The number of alkyl halides is 1. The van der Waals surface area contributed by atoms with E-state index in [0.717, 1.165) is 11.3 Å². The van der Waals surface area contributed by atoms with Gasteiger partial charge in [0.2, 0.25) is 0 Å². The van der Waals surface area contributed by atoms with Crippen LogP contribution in [0.25, 0.3) is 0 Å². The number of fused-ring (bicyclic) bond motifs is 1. The van der Waals surface area contributed by atoms with E-state index in [1.54, 1.807) is 0 Å². The Morgan fingerprint density at radius 1 is 1.21 bits per heavy atom. The third-order valence-electron chi connectivity index (χ3n) is 5.91. The molecule has 1 atom stereocenters. The first kappa shape index (κ1) is 18.4. The highest BCUT2D eigenvalue weighted by Gasteiger charge is 2.49. The van der Waals surface area contributed by atoms with Crippen molar-refractivity contribution in [1.29, 1.82) is 5.26 Å². The van der Waals surface area contributed by atoms with Crippen LogP contribution >= 0.6 is 0 Å². The molecular weight excluding hydrogens is 353 g/mol. The molecule has 2 aliphatic rings. The van der Waals surface area contributed by atoms with E-state index in [0.29, 0.717) is 29.8 Å². The molecule has 0 saturated heterocycles. The van der Waals surface area contributed by atoms with Crippen LogP contribution in [0.3, 0.4) is 0 Å². The second-order valence-corrected chi connectivity index (χ2v) is 8.54. The lowest BCUT2D eigenvalue weighted by Gasteiger charge is -2.45. The van der Waals surface area contributed by atoms with Gasteiger partial charge in [0.25, 0.3) is 0 Å². The smallest absolute Gasteiger partial charge is 0.162 e. The van der Waals surface area contributed by atoms with Gasteiger partial charge < -0.3 is 5.32 Å². The fourth-order valence-corrected chi connectivity index (χ4v) is 4.70. The number of benzene rings is 1. The van der Waals surface area contributed by atoms with Gasteiger partial charge in [-0.2, -0.15) is 5.26 Å². The summed E-state index contributed by atoms with van der Waals surface area (Å²) in [6.45, 7) is 5.33. The number of nitriles is 1. The number of nitrogens with one attached hydrogen (secondary N) is 1. The molecule has 2 aromatic rings. The number of carbonyl (C=O) groups excluding carboxylic acids is 1. The van der Waals surface area contributed by atoms with Gasteiger partial charge in [0.05, 0.1) is 11.0 Å². The minimum absolute atomic E-state index is 0.0605. The Bertz CT molecular complexity index is 1050. The van der Waals surface area contributed by atoms with E-state index in [2.05, 4.69) is 30.2 Å². The molecule has 0 saturated carbocycles. The highest BCUT2D eigenvalue weighted by Crippen LogP contribution is 2.53. The summed E-state index contributed by atoms with van der Waals surface area (Å²) in [6.07, 6.45) is 2.56. The summed E-state index contributed by atoms with van der Waals surface area (Å²) in [5.74, 6) is 0.592. The fraction of sp³-hybridized carbons (Fsp3) is 0.348. The first-order valence-corrected chi connectivity index (χ1v) is 9.39. The largest absolute Gasteiger partial charge is 0.343 e. The average molecular weight is 375 g/mol. The number of allylic oxidation sites excluding steroid dienone is 2. The van der Waals surface area contributed by atoms with Gasteiger partial charge in [-0.1, -0.05) is 44.2 Å². The van der Waals surface area contributed by atoms with Crippen LogP contribution < -0.4 is 5.32 Å². The number of hydrogen-bond donors (Lipinski definition) is 1. The van der Waals surface area contributed by atoms with Gasteiger partial charge in [0.15, 0.2) is 5.78 Å². The van der Waals surface area contributed by atoms with Crippen LogP contribution in [0.5, 0.6) is 0 Å². The fourth-order valence-electron chi connectivity index (χ4n) is 4.70. The molecule has 1 aromatic carbocycles. The van der Waals surface area contributed by atoms with Crippen LogP contribution in [0, 0.1) is 16.7 Å². The molecule has 4 nitrogen and oxygen atoms in total. The van der Waals surface area contributed by atoms with Gasteiger partial charge in [-0.15, -0.1) is 0 Å². The Morgan fingerprint density at radius 2 is 1.93 bits per heavy atom. The third-order valence-corrected chi connectivity index (χ3v) is 5.91. The number of anilines is 1. The second kappa shape index (κ2) is 6.27. The number of carbonyl (C=O) groups is 1. The molecule has 142 valence electrons.